The Kier molecular flexibility index (Phi) is 7.38. The maximum atomic E-state index is 12.3. The van der Waals surface area contributed by atoms with Crippen LogP contribution in [0.2, 0.25) is 0 Å². The summed E-state index contributed by atoms with van der Waals surface area (Å²) in [7, 11) is 0. The largest absolute Gasteiger partial charge is 0.454 e. The number of ether oxygens (including phenoxy) is 1. The Hall–Kier alpha value is -3.67. The molecule has 0 radical (unpaired) electrons. The van der Waals surface area contributed by atoms with Crippen LogP contribution in [0, 0.1) is 0 Å². The third-order valence-corrected chi connectivity index (χ3v) is 5.03. The molecule has 0 unspecified atom stereocenters. The molecule has 0 aliphatic carbocycles. The van der Waals surface area contributed by atoms with Crippen molar-refractivity contribution >= 4 is 34.2 Å². The van der Waals surface area contributed by atoms with Gasteiger partial charge in [0.25, 0.3) is 11.8 Å². The number of aryl methyl sites for hydroxylation is 2. The van der Waals surface area contributed by atoms with Crippen molar-refractivity contribution in [3.8, 4) is 0 Å². The third kappa shape index (κ3) is 5.69. The van der Waals surface area contributed by atoms with Crippen LogP contribution < -0.4 is 10.6 Å². The monoisotopic (exact) mass is 418 g/mol. The van der Waals surface area contributed by atoms with Crippen molar-refractivity contribution in [2.75, 3.05) is 18.5 Å². The molecule has 31 heavy (non-hydrogen) atoms. The quantitative estimate of drug-likeness (QED) is 0.544. The minimum atomic E-state index is -0.677. The molecule has 0 saturated carbocycles. The lowest BCUT2D eigenvalue weighted by molar-refractivity contribution is -0.146. The molecule has 3 aromatic carbocycles. The van der Waals surface area contributed by atoms with E-state index in [-0.39, 0.29) is 12.5 Å². The maximum absolute atomic E-state index is 12.3. The molecule has 0 fully saturated rings. The zero-order chi connectivity index (χ0) is 22.2. The highest BCUT2D eigenvalue weighted by Crippen LogP contribution is 2.22. The number of carbonyl (C=O) groups is 3. The van der Waals surface area contributed by atoms with E-state index >= 15 is 0 Å². The van der Waals surface area contributed by atoms with Crippen molar-refractivity contribution in [2.24, 2.45) is 0 Å². The second-order valence-electron chi connectivity index (χ2n) is 7.11. The van der Waals surface area contributed by atoms with Crippen LogP contribution in [-0.4, -0.2) is 30.9 Å². The van der Waals surface area contributed by atoms with Gasteiger partial charge in [0.2, 0.25) is 0 Å². The van der Waals surface area contributed by atoms with Gasteiger partial charge in [0, 0.05) is 11.3 Å². The second-order valence-corrected chi connectivity index (χ2v) is 7.11. The highest BCUT2D eigenvalue weighted by Gasteiger charge is 2.13. The molecule has 2 N–H and O–H groups in total. The van der Waals surface area contributed by atoms with Gasteiger partial charge in [-0.1, -0.05) is 62.4 Å². The van der Waals surface area contributed by atoms with Gasteiger partial charge in [-0.05, 0) is 46.9 Å². The number of rotatable bonds is 8. The highest BCUT2D eigenvalue weighted by atomic mass is 16.5. The molecule has 0 heterocycles. The Morgan fingerprint density at radius 1 is 0.839 bits per heavy atom. The number of anilines is 1. The molecule has 0 aliphatic heterocycles. The molecule has 3 rings (SSSR count). The van der Waals surface area contributed by atoms with Crippen LogP contribution in [-0.2, 0) is 27.2 Å². The Morgan fingerprint density at radius 3 is 2.19 bits per heavy atom. The minimum Gasteiger partial charge on any atom is -0.454 e. The molecule has 6 nitrogen and oxygen atoms in total. The van der Waals surface area contributed by atoms with Crippen molar-refractivity contribution in [1.29, 1.82) is 0 Å². The van der Waals surface area contributed by atoms with E-state index in [0.29, 0.717) is 5.56 Å². The summed E-state index contributed by atoms with van der Waals surface area (Å²) in [5, 5.41) is 7.33. The number of hydrogen-bond acceptors (Lipinski definition) is 4. The summed E-state index contributed by atoms with van der Waals surface area (Å²) in [6.07, 6.45) is 1.56. The summed E-state index contributed by atoms with van der Waals surface area (Å²) < 4.78 is 5.01. The van der Waals surface area contributed by atoms with Gasteiger partial charge in [0.05, 0.1) is 0 Å². The predicted molar refractivity (Wildman–Crippen MR) is 121 cm³/mol. The molecule has 0 atom stereocenters. The van der Waals surface area contributed by atoms with Gasteiger partial charge in [-0.2, -0.15) is 0 Å². The van der Waals surface area contributed by atoms with Gasteiger partial charge >= 0.3 is 5.97 Å². The van der Waals surface area contributed by atoms with Gasteiger partial charge in [-0.25, -0.2) is 0 Å². The molecule has 0 bridgehead atoms. The van der Waals surface area contributed by atoms with E-state index in [4.69, 9.17) is 4.74 Å². The first kappa shape index (κ1) is 22.0. The Morgan fingerprint density at radius 2 is 1.52 bits per heavy atom. The Bertz CT molecular complexity index is 1090. The zero-order valence-electron chi connectivity index (χ0n) is 17.7. The van der Waals surface area contributed by atoms with Gasteiger partial charge in [-0.3, -0.25) is 14.4 Å². The van der Waals surface area contributed by atoms with Crippen molar-refractivity contribution in [3.05, 3.63) is 77.4 Å². The zero-order valence-corrected chi connectivity index (χ0v) is 17.7. The lowest BCUT2D eigenvalue weighted by atomic mass is 10.0. The van der Waals surface area contributed by atoms with E-state index < -0.39 is 18.5 Å². The molecular weight excluding hydrogens is 392 g/mol. The fourth-order valence-corrected chi connectivity index (χ4v) is 3.36. The van der Waals surface area contributed by atoms with E-state index in [1.54, 1.807) is 12.1 Å². The van der Waals surface area contributed by atoms with Crippen LogP contribution >= 0.6 is 0 Å². The first-order valence-corrected chi connectivity index (χ1v) is 10.3. The molecule has 2 amide bonds. The minimum absolute atomic E-state index is 0.315. The van der Waals surface area contributed by atoms with Gasteiger partial charge in [0.1, 0.15) is 6.54 Å². The SMILES string of the molecule is CCc1cccc(CC)c1NC(=O)COC(=O)CNC(=O)c1ccc2ccccc2c1. The molecule has 6 heteroatoms. The van der Waals surface area contributed by atoms with Crippen molar-refractivity contribution < 1.29 is 19.1 Å². The topological polar surface area (TPSA) is 84.5 Å². The average Bonchev–Trinajstić information content (AvgIpc) is 2.80. The Labute approximate surface area is 181 Å². The van der Waals surface area contributed by atoms with E-state index in [1.807, 2.05) is 62.4 Å². The van der Waals surface area contributed by atoms with E-state index in [2.05, 4.69) is 10.6 Å². The lowest BCUT2D eigenvalue weighted by Crippen LogP contribution is -2.32. The number of hydrogen-bond donors (Lipinski definition) is 2. The van der Waals surface area contributed by atoms with Crippen molar-refractivity contribution in [1.82, 2.24) is 5.32 Å². The number of esters is 1. The summed E-state index contributed by atoms with van der Waals surface area (Å²) in [4.78, 5) is 36.6. The summed E-state index contributed by atoms with van der Waals surface area (Å²) >= 11 is 0. The summed E-state index contributed by atoms with van der Waals surface area (Å²) in [6.45, 7) is 3.31. The van der Waals surface area contributed by atoms with Crippen LogP contribution in [0.1, 0.15) is 35.3 Å². The smallest absolute Gasteiger partial charge is 0.325 e. The van der Waals surface area contributed by atoms with E-state index in [9.17, 15) is 14.4 Å². The highest BCUT2D eigenvalue weighted by molar-refractivity contribution is 6.00. The second kappa shape index (κ2) is 10.4. The normalized spacial score (nSPS) is 10.5. The van der Waals surface area contributed by atoms with Gasteiger partial charge < -0.3 is 15.4 Å². The molecular formula is C25H26N2O4. The number of nitrogens with one attached hydrogen (secondary N) is 2. The number of para-hydroxylation sites is 1. The molecule has 0 aliphatic rings. The van der Waals surface area contributed by atoms with Crippen LogP contribution in [0.25, 0.3) is 10.8 Å². The lowest BCUT2D eigenvalue weighted by Gasteiger charge is -2.14. The number of fused-ring (bicyclic) bond motifs is 1. The predicted octanol–water partition coefficient (Wildman–Crippen LogP) is 3.88. The summed E-state index contributed by atoms with van der Waals surface area (Å²) in [6, 6.07) is 18.9. The first-order valence-electron chi connectivity index (χ1n) is 10.3. The van der Waals surface area contributed by atoms with E-state index in [1.165, 1.54) is 0 Å². The third-order valence-electron chi connectivity index (χ3n) is 5.03. The number of benzene rings is 3. The molecule has 0 aromatic heterocycles. The standard InChI is InChI=1S/C25H26N2O4/c1-3-17-10-7-11-18(4-2)24(17)27-22(28)16-31-23(29)15-26-25(30)21-13-12-19-8-5-6-9-20(19)14-21/h5-14H,3-4,15-16H2,1-2H3,(H,26,30)(H,27,28). The fourth-order valence-electron chi connectivity index (χ4n) is 3.36. The van der Waals surface area contributed by atoms with Crippen LogP contribution in [0.15, 0.2) is 60.7 Å². The van der Waals surface area contributed by atoms with Crippen molar-refractivity contribution in [3.63, 3.8) is 0 Å². The molecule has 0 spiro atoms. The Balaban J connectivity index is 1.50. The van der Waals surface area contributed by atoms with Crippen molar-refractivity contribution in [2.45, 2.75) is 26.7 Å². The maximum Gasteiger partial charge on any atom is 0.325 e. The molecule has 160 valence electrons. The fraction of sp³-hybridized carbons (Fsp3) is 0.240. The van der Waals surface area contributed by atoms with Crippen LogP contribution in [0.3, 0.4) is 0 Å². The number of carbonyl (C=O) groups excluding carboxylic acids is 3. The number of amides is 2. The van der Waals surface area contributed by atoms with Gasteiger partial charge in [0.15, 0.2) is 6.61 Å². The van der Waals surface area contributed by atoms with E-state index in [0.717, 1.165) is 40.4 Å². The molecule has 0 saturated heterocycles. The average molecular weight is 418 g/mol. The van der Waals surface area contributed by atoms with Crippen LogP contribution in [0.5, 0.6) is 0 Å². The molecule has 3 aromatic rings. The summed E-state index contributed by atoms with van der Waals surface area (Å²) in [5.41, 5.74) is 3.29. The van der Waals surface area contributed by atoms with Crippen LogP contribution in [0.4, 0.5) is 5.69 Å². The van der Waals surface area contributed by atoms with Gasteiger partial charge in [-0.15, -0.1) is 0 Å². The first-order chi connectivity index (χ1) is 15.0. The summed E-state index contributed by atoms with van der Waals surface area (Å²) in [5.74, 6) is -1.47.